The number of hydrogen-bond donors (Lipinski definition) is 1. The molecule has 0 bridgehead atoms. The molecule has 1 atom stereocenters. The minimum absolute atomic E-state index is 0.274. The number of aryl methyl sites for hydroxylation is 1. The van der Waals surface area contributed by atoms with Crippen LogP contribution in [-0.2, 0) is 20.7 Å². The van der Waals surface area contributed by atoms with Crippen molar-refractivity contribution >= 4 is 44.8 Å². The van der Waals surface area contributed by atoms with Crippen molar-refractivity contribution in [3.63, 3.8) is 0 Å². The van der Waals surface area contributed by atoms with Gasteiger partial charge < -0.3 is 10.1 Å². The molecule has 0 aliphatic heterocycles. The largest absolute Gasteiger partial charge is 0.453 e. The minimum Gasteiger partial charge on any atom is -0.453 e. The molecule has 116 valence electrons. The van der Waals surface area contributed by atoms with Crippen LogP contribution in [0.4, 0.5) is 5.69 Å². The van der Waals surface area contributed by atoms with Crippen LogP contribution in [0.15, 0.2) is 46.3 Å². The number of carbonyl (C=O) groups excluding carboxylic acids is 2. The summed E-state index contributed by atoms with van der Waals surface area (Å²) in [6, 6.07) is 11.1. The van der Waals surface area contributed by atoms with Crippen molar-refractivity contribution in [2.24, 2.45) is 0 Å². The summed E-state index contributed by atoms with van der Waals surface area (Å²) >= 11 is 4.93. The number of nitrogens with one attached hydrogen (secondary N) is 1. The van der Waals surface area contributed by atoms with Gasteiger partial charge in [0.2, 0.25) is 0 Å². The van der Waals surface area contributed by atoms with E-state index in [9.17, 15) is 9.59 Å². The lowest BCUT2D eigenvalue weighted by Gasteiger charge is -2.13. The van der Waals surface area contributed by atoms with Crippen molar-refractivity contribution in [1.82, 2.24) is 0 Å². The number of halogens is 1. The Morgan fingerprint density at radius 2 is 2.00 bits per heavy atom. The Bertz CT molecular complexity index is 625. The molecule has 2 rings (SSSR count). The lowest BCUT2D eigenvalue weighted by atomic mass is 10.2. The maximum Gasteiger partial charge on any atom is 0.306 e. The Morgan fingerprint density at radius 1 is 1.27 bits per heavy atom. The lowest BCUT2D eigenvalue weighted by Crippen LogP contribution is -2.30. The van der Waals surface area contributed by atoms with E-state index in [0.29, 0.717) is 12.1 Å². The van der Waals surface area contributed by atoms with Crippen molar-refractivity contribution in [3.05, 3.63) is 51.1 Å². The molecule has 6 heteroatoms. The van der Waals surface area contributed by atoms with E-state index in [-0.39, 0.29) is 18.3 Å². The summed E-state index contributed by atoms with van der Waals surface area (Å²) in [5, 5.41) is 4.68. The third-order valence-corrected chi connectivity index (χ3v) is 4.41. The number of amides is 1. The quantitative estimate of drug-likeness (QED) is 0.768. The Morgan fingerprint density at radius 3 is 2.64 bits per heavy atom. The fourth-order valence-corrected chi connectivity index (χ4v) is 2.74. The molecule has 0 aliphatic rings. The summed E-state index contributed by atoms with van der Waals surface area (Å²) in [7, 11) is 0. The molecule has 1 aromatic carbocycles. The summed E-state index contributed by atoms with van der Waals surface area (Å²) in [6.07, 6.45) is 0.0908. The van der Waals surface area contributed by atoms with Crippen molar-refractivity contribution in [1.29, 1.82) is 0 Å². The third-order valence-electron chi connectivity index (χ3n) is 2.94. The number of ether oxygens (including phenoxy) is 1. The second kappa shape index (κ2) is 8.10. The average molecular weight is 382 g/mol. The van der Waals surface area contributed by atoms with E-state index >= 15 is 0 Å². The van der Waals surface area contributed by atoms with E-state index in [2.05, 4.69) is 21.2 Å². The zero-order valence-electron chi connectivity index (χ0n) is 12.0. The molecule has 1 amide bonds. The topological polar surface area (TPSA) is 55.4 Å². The van der Waals surface area contributed by atoms with Gasteiger partial charge in [-0.3, -0.25) is 9.59 Å². The Hall–Kier alpha value is -1.66. The number of esters is 1. The summed E-state index contributed by atoms with van der Waals surface area (Å²) in [6.45, 7) is 1.57. The van der Waals surface area contributed by atoms with Crippen LogP contribution in [0.25, 0.3) is 0 Å². The van der Waals surface area contributed by atoms with Gasteiger partial charge >= 0.3 is 5.97 Å². The predicted molar refractivity (Wildman–Crippen MR) is 91.0 cm³/mol. The molecule has 1 N–H and O–H groups in total. The Kier molecular flexibility index (Phi) is 6.15. The highest BCUT2D eigenvalue weighted by Gasteiger charge is 2.17. The van der Waals surface area contributed by atoms with Gasteiger partial charge in [-0.15, -0.1) is 11.3 Å². The molecular weight excluding hydrogens is 366 g/mol. The van der Waals surface area contributed by atoms with Gasteiger partial charge in [0.05, 0.1) is 6.42 Å². The van der Waals surface area contributed by atoms with Crippen molar-refractivity contribution in [2.75, 3.05) is 5.32 Å². The van der Waals surface area contributed by atoms with Crippen LogP contribution >= 0.6 is 27.3 Å². The lowest BCUT2D eigenvalue weighted by molar-refractivity contribution is -0.153. The van der Waals surface area contributed by atoms with Gasteiger partial charge in [-0.05, 0) is 49.1 Å². The molecule has 0 radical (unpaired) electrons. The molecular formula is C16H16BrNO3S. The second-order valence-corrected chi connectivity index (χ2v) is 6.66. The Balaban J connectivity index is 1.77. The molecule has 22 heavy (non-hydrogen) atoms. The van der Waals surface area contributed by atoms with Crippen molar-refractivity contribution in [3.8, 4) is 0 Å². The predicted octanol–water partition coefficient (Wildman–Crippen LogP) is 4.01. The van der Waals surface area contributed by atoms with E-state index in [1.54, 1.807) is 30.4 Å². The van der Waals surface area contributed by atoms with Gasteiger partial charge in [0.25, 0.3) is 5.91 Å². The first-order valence-corrected chi connectivity index (χ1v) is 8.50. The van der Waals surface area contributed by atoms with Crippen LogP contribution < -0.4 is 5.32 Å². The SMILES string of the molecule is C[C@@H](OC(=O)CCc1cccs1)C(=O)Nc1ccc(Br)cc1. The monoisotopic (exact) mass is 381 g/mol. The summed E-state index contributed by atoms with van der Waals surface area (Å²) < 4.78 is 6.08. The minimum atomic E-state index is -0.820. The summed E-state index contributed by atoms with van der Waals surface area (Å²) in [4.78, 5) is 24.8. The molecule has 0 saturated heterocycles. The fraction of sp³-hybridized carbons (Fsp3) is 0.250. The van der Waals surface area contributed by atoms with Gasteiger partial charge in [0.15, 0.2) is 6.10 Å². The first-order chi connectivity index (χ1) is 10.5. The van der Waals surface area contributed by atoms with E-state index in [4.69, 9.17) is 4.74 Å². The highest BCUT2D eigenvalue weighted by atomic mass is 79.9. The first kappa shape index (κ1) is 16.7. The van der Waals surface area contributed by atoms with Gasteiger partial charge in [-0.25, -0.2) is 0 Å². The molecule has 0 spiro atoms. The van der Waals surface area contributed by atoms with Gasteiger partial charge in [-0.2, -0.15) is 0 Å². The van der Waals surface area contributed by atoms with Gasteiger partial charge in [0.1, 0.15) is 0 Å². The molecule has 0 unspecified atom stereocenters. The van der Waals surface area contributed by atoms with Crippen molar-refractivity contribution < 1.29 is 14.3 Å². The van der Waals surface area contributed by atoms with Crippen LogP contribution in [-0.4, -0.2) is 18.0 Å². The number of carbonyl (C=O) groups is 2. The number of rotatable bonds is 6. The number of anilines is 1. The molecule has 1 heterocycles. The molecule has 0 aliphatic carbocycles. The summed E-state index contributed by atoms with van der Waals surface area (Å²) in [5.41, 5.74) is 0.662. The maximum absolute atomic E-state index is 12.0. The average Bonchev–Trinajstić information content (AvgIpc) is 3.01. The second-order valence-electron chi connectivity index (χ2n) is 4.71. The number of thiophene rings is 1. The highest BCUT2D eigenvalue weighted by molar-refractivity contribution is 9.10. The molecule has 0 fully saturated rings. The van der Waals surface area contributed by atoms with Crippen LogP contribution in [0, 0.1) is 0 Å². The number of hydrogen-bond acceptors (Lipinski definition) is 4. The van der Waals surface area contributed by atoms with Crippen LogP contribution in [0.5, 0.6) is 0 Å². The maximum atomic E-state index is 12.0. The van der Waals surface area contributed by atoms with Gasteiger partial charge in [-0.1, -0.05) is 22.0 Å². The third kappa shape index (κ3) is 5.27. The van der Waals surface area contributed by atoms with Crippen LogP contribution in [0.1, 0.15) is 18.2 Å². The molecule has 4 nitrogen and oxygen atoms in total. The van der Waals surface area contributed by atoms with Crippen LogP contribution in [0.3, 0.4) is 0 Å². The van der Waals surface area contributed by atoms with E-state index in [1.165, 1.54) is 0 Å². The molecule has 2 aromatic rings. The zero-order valence-corrected chi connectivity index (χ0v) is 14.4. The van der Waals surface area contributed by atoms with E-state index < -0.39 is 6.10 Å². The van der Waals surface area contributed by atoms with Gasteiger partial charge in [0, 0.05) is 15.0 Å². The fourth-order valence-electron chi connectivity index (χ4n) is 1.77. The normalized spacial score (nSPS) is 11.7. The molecule has 1 aromatic heterocycles. The standard InChI is InChI=1S/C16H16BrNO3S/c1-11(16(20)18-13-6-4-12(17)5-7-13)21-15(19)9-8-14-3-2-10-22-14/h2-7,10-11H,8-9H2,1H3,(H,18,20)/t11-/m1/s1. The highest BCUT2D eigenvalue weighted by Crippen LogP contribution is 2.15. The Labute approximate surface area is 141 Å². The zero-order chi connectivity index (χ0) is 15.9. The molecule has 0 saturated carbocycles. The summed E-state index contributed by atoms with van der Waals surface area (Å²) in [5.74, 6) is -0.710. The van der Waals surface area contributed by atoms with Crippen LogP contribution in [0.2, 0.25) is 0 Å². The number of benzene rings is 1. The smallest absolute Gasteiger partial charge is 0.306 e. The van der Waals surface area contributed by atoms with Crippen molar-refractivity contribution in [2.45, 2.75) is 25.9 Å². The van der Waals surface area contributed by atoms with E-state index in [1.807, 2.05) is 29.6 Å². The first-order valence-electron chi connectivity index (χ1n) is 6.83. The van der Waals surface area contributed by atoms with E-state index in [0.717, 1.165) is 9.35 Å².